The van der Waals surface area contributed by atoms with Gasteiger partial charge in [0.2, 0.25) is 0 Å². The topological polar surface area (TPSA) is 63.7 Å². The summed E-state index contributed by atoms with van der Waals surface area (Å²) in [6.45, 7) is 14.1. The Bertz CT molecular complexity index is 1340. The molecule has 3 heterocycles. The van der Waals surface area contributed by atoms with Crippen molar-refractivity contribution in [2.45, 2.75) is 40.8 Å². The van der Waals surface area contributed by atoms with Crippen molar-refractivity contribution in [3.8, 4) is 0 Å². The van der Waals surface area contributed by atoms with Crippen LogP contribution >= 0.6 is 22.7 Å². The summed E-state index contributed by atoms with van der Waals surface area (Å²) in [7, 11) is 0. The van der Waals surface area contributed by atoms with E-state index in [1.54, 1.807) is 22.7 Å². The van der Waals surface area contributed by atoms with Gasteiger partial charge < -0.3 is 24.7 Å². The summed E-state index contributed by atoms with van der Waals surface area (Å²) in [6, 6.07) is 13.0. The molecule has 5 rings (SSSR count). The van der Waals surface area contributed by atoms with Crippen molar-refractivity contribution >= 4 is 55.7 Å². The Morgan fingerprint density at radius 2 is 1.05 bits per heavy atom. The summed E-state index contributed by atoms with van der Waals surface area (Å²) < 4.78 is 4.20. The number of benzene rings is 2. The number of piperazine rings is 1. The van der Waals surface area contributed by atoms with Gasteiger partial charge in [0, 0.05) is 48.3 Å². The highest BCUT2D eigenvalue weighted by Gasteiger charge is 2.19. The Labute approximate surface area is 247 Å². The minimum atomic E-state index is 0. The molecule has 0 amide bonds. The molecule has 0 bridgehead atoms. The van der Waals surface area contributed by atoms with E-state index >= 15 is 0 Å². The first kappa shape index (κ1) is 31.0. The molecule has 0 unspecified atom stereocenters. The van der Waals surface area contributed by atoms with Crippen LogP contribution in [0.1, 0.15) is 25.0 Å². The van der Waals surface area contributed by atoms with Crippen LogP contribution in [0.5, 0.6) is 0 Å². The number of hydrogen-bond acceptors (Lipinski definition) is 8. The summed E-state index contributed by atoms with van der Waals surface area (Å²) in [4.78, 5) is 4.91. The van der Waals surface area contributed by atoms with Crippen LogP contribution in [-0.4, -0.2) is 26.2 Å². The van der Waals surface area contributed by atoms with E-state index in [2.05, 4.69) is 103 Å². The molecule has 1 saturated heterocycles. The predicted molar refractivity (Wildman–Crippen MR) is 168 cm³/mol. The van der Waals surface area contributed by atoms with Crippen molar-refractivity contribution in [2.75, 3.05) is 36.0 Å². The van der Waals surface area contributed by atoms with Gasteiger partial charge in [0.25, 0.3) is 0 Å². The highest BCUT2D eigenvalue weighted by Crippen LogP contribution is 2.30. The van der Waals surface area contributed by atoms with Crippen molar-refractivity contribution in [1.82, 2.24) is 0 Å². The maximum atomic E-state index is 4.52. The molecule has 212 valence electrons. The highest BCUT2D eigenvalue weighted by atomic mass is 32.1. The summed E-state index contributed by atoms with van der Waals surface area (Å²) in [5, 5.41) is 23.9. The van der Waals surface area contributed by atoms with E-state index < -0.39 is 0 Å². The predicted octanol–water partition coefficient (Wildman–Crippen LogP) is 8.10. The van der Waals surface area contributed by atoms with Gasteiger partial charge in [0.1, 0.15) is 23.8 Å². The molecule has 2 aromatic carbocycles. The Hall–Kier alpha value is -3.50. The van der Waals surface area contributed by atoms with Crippen LogP contribution in [-0.2, 0) is 13.1 Å². The molecule has 0 N–H and O–H groups in total. The zero-order valence-electron chi connectivity index (χ0n) is 24.4. The van der Waals surface area contributed by atoms with Gasteiger partial charge in [-0.15, -0.1) is 0 Å². The molecule has 2 aromatic heterocycles. The minimum Gasteiger partial charge on any atom is -0.368 e. The van der Waals surface area contributed by atoms with Gasteiger partial charge in [0.05, 0.1) is 23.3 Å². The van der Waals surface area contributed by atoms with Crippen LogP contribution in [0.4, 0.5) is 33.0 Å². The van der Waals surface area contributed by atoms with Gasteiger partial charge in [-0.2, -0.15) is 0 Å². The van der Waals surface area contributed by atoms with Crippen molar-refractivity contribution < 1.29 is 9.13 Å². The summed E-state index contributed by atoms with van der Waals surface area (Å²) in [5.41, 5.74) is 6.59. The van der Waals surface area contributed by atoms with E-state index in [9.17, 15) is 0 Å². The molecule has 1 aliphatic heterocycles. The Kier molecular flexibility index (Phi) is 11.0. The van der Waals surface area contributed by atoms with Gasteiger partial charge in [-0.05, 0) is 108 Å². The van der Waals surface area contributed by atoms with Gasteiger partial charge in [-0.1, -0.05) is 0 Å². The average molecular weight is 577 g/mol. The molecular formula is C30H40N8S2. The molecule has 1 aliphatic rings. The molecular weight excluding hydrogens is 537 g/mol. The standard InChI is InChI=1S/C28H34N8S2.2CH3/c1-5-33-15-17-37-27(33)31-29-25-9-7-23(19-21(25)3)35-11-13-36(14-12-35)24-8-10-26(22(4)20-24)30-32-28-34(6-2)16-18-38-28;;/h7-10,15-20H,5-6,11-14H2,1-4H3;2*1H3/q+2;2*-1. The van der Waals surface area contributed by atoms with E-state index in [-0.39, 0.29) is 14.9 Å². The largest absolute Gasteiger partial charge is 0.408 e. The second-order valence-electron chi connectivity index (χ2n) is 9.26. The maximum absolute atomic E-state index is 4.52. The second kappa shape index (κ2) is 14.2. The summed E-state index contributed by atoms with van der Waals surface area (Å²) >= 11 is 3.21. The van der Waals surface area contributed by atoms with Gasteiger partial charge in [-0.3, -0.25) is 0 Å². The van der Waals surface area contributed by atoms with Gasteiger partial charge >= 0.3 is 10.3 Å². The molecule has 40 heavy (non-hydrogen) atoms. The van der Waals surface area contributed by atoms with Crippen molar-refractivity contribution in [1.29, 1.82) is 0 Å². The maximum Gasteiger partial charge on any atom is 0.408 e. The van der Waals surface area contributed by atoms with E-state index in [1.165, 1.54) is 11.4 Å². The number of azo groups is 2. The smallest absolute Gasteiger partial charge is 0.368 e. The Morgan fingerprint density at radius 3 is 1.40 bits per heavy atom. The zero-order chi connectivity index (χ0) is 26.5. The number of thiazole rings is 2. The minimum absolute atomic E-state index is 0. The fourth-order valence-electron chi connectivity index (χ4n) is 4.55. The lowest BCUT2D eigenvalue weighted by Crippen LogP contribution is -2.46. The van der Waals surface area contributed by atoms with Crippen LogP contribution in [0.15, 0.2) is 80.0 Å². The van der Waals surface area contributed by atoms with E-state index in [0.717, 1.165) is 72.0 Å². The third-order valence-electron chi connectivity index (χ3n) is 6.86. The number of anilines is 2. The second-order valence-corrected chi connectivity index (χ2v) is 11.0. The first-order valence-corrected chi connectivity index (χ1v) is 14.8. The first-order chi connectivity index (χ1) is 18.6. The van der Waals surface area contributed by atoms with Crippen LogP contribution in [0, 0.1) is 28.7 Å². The van der Waals surface area contributed by atoms with Crippen LogP contribution in [0.2, 0.25) is 0 Å². The Balaban J connectivity index is 0.00000220. The number of aromatic nitrogens is 2. The van der Waals surface area contributed by atoms with E-state index in [4.69, 9.17) is 0 Å². The first-order valence-electron chi connectivity index (χ1n) is 13.0. The number of hydrogen-bond donors (Lipinski definition) is 0. The lowest BCUT2D eigenvalue weighted by atomic mass is 10.1. The molecule has 4 aromatic rings. The van der Waals surface area contributed by atoms with Crippen molar-refractivity contribution in [3.05, 3.63) is 85.5 Å². The Morgan fingerprint density at radius 1 is 0.650 bits per heavy atom. The van der Waals surface area contributed by atoms with Crippen LogP contribution in [0.25, 0.3) is 0 Å². The molecule has 10 heteroatoms. The van der Waals surface area contributed by atoms with E-state index in [1.807, 2.05) is 23.2 Å². The summed E-state index contributed by atoms with van der Waals surface area (Å²) in [5.74, 6) is 0. The van der Waals surface area contributed by atoms with Crippen LogP contribution < -0.4 is 18.9 Å². The number of rotatable bonds is 8. The fraction of sp³-hybridized carbons (Fsp3) is 0.333. The van der Waals surface area contributed by atoms with Gasteiger partial charge in [0.15, 0.2) is 0 Å². The average Bonchev–Trinajstić information content (AvgIpc) is 3.60. The van der Waals surface area contributed by atoms with E-state index in [0.29, 0.717) is 0 Å². The molecule has 8 nitrogen and oxygen atoms in total. The molecule has 0 aliphatic carbocycles. The molecule has 0 saturated carbocycles. The molecule has 0 atom stereocenters. The quantitative estimate of drug-likeness (QED) is 0.121. The third-order valence-corrected chi connectivity index (χ3v) is 8.43. The van der Waals surface area contributed by atoms with Gasteiger partial charge in [-0.25, -0.2) is 9.13 Å². The lowest BCUT2D eigenvalue weighted by molar-refractivity contribution is -0.677. The summed E-state index contributed by atoms with van der Waals surface area (Å²) in [6.07, 6.45) is 4.09. The molecule has 0 radical (unpaired) electrons. The fourth-order valence-corrected chi connectivity index (χ4v) is 6.03. The molecule has 1 fully saturated rings. The molecule has 0 spiro atoms. The SMILES string of the molecule is CC[n+]1ccsc1N=Nc1ccc(N2CCN(c3ccc(N=Nc4scc[n+]4CC)c(C)c3)CC2)cc1C.[CH3-].[CH3-]. The third kappa shape index (κ3) is 6.98. The zero-order valence-corrected chi connectivity index (χ0v) is 26.0. The number of nitrogens with zero attached hydrogens (tertiary/aromatic N) is 8. The lowest BCUT2D eigenvalue weighted by Gasteiger charge is -2.37. The number of aryl methyl sites for hydroxylation is 4. The van der Waals surface area contributed by atoms with Crippen LogP contribution in [0.3, 0.4) is 0 Å². The monoisotopic (exact) mass is 576 g/mol. The van der Waals surface area contributed by atoms with Crippen molar-refractivity contribution in [2.24, 2.45) is 20.5 Å². The highest BCUT2D eigenvalue weighted by molar-refractivity contribution is 7.13. The normalized spacial score (nSPS) is 13.6. The van der Waals surface area contributed by atoms with Crippen molar-refractivity contribution in [3.63, 3.8) is 0 Å².